The highest BCUT2D eigenvalue weighted by Crippen LogP contribution is 2.22. The van der Waals surface area contributed by atoms with Crippen LogP contribution < -0.4 is 10.1 Å². The number of fused-ring (bicyclic) bond motifs is 1. The van der Waals surface area contributed by atoms with Gasteiger partial charge in [-0.1, -0.05) is 24.3 Å². The molecular weight excluding hydrogens is 354 g/mol. The molecular formula is C22H27N3O3. The predicted molar refractivity (Wildman–Crippen MR) is 109 cm³/mol. The summed E-state index contributed by atoms with van der Waals surface area (Å²) in [5.74, 6) is 1.37. The monoisotopic (exact) mass is 381 g/mol. The number of aromatic nitrogens is 2. The highest BCUT2D eigenvalue weighted by Gasteiger charge is 2.19. The van der Waals surface area contributed by atoms with E-state index in [2.05, 4.69) is 10.3 Å². The molecule has 0 fully saturated rings. The third-order valence-electron chi connectivity index (χ3n) is 4.66. The molecule has 0 spiro atoms. The summed E-state index contributed by atoms with van der Waals surface area (Å²) in [6.45, 7) is 7.86. The fourth-order valence-corrected chi connectivity index (χ4v) is 3.30. The first kappa shape index (κ1) is 19.9. The molecule has 1 aromatic heterocycles. The van der Waals surface area contributed by atoms with E-state index in [-0.39, 0.29) is 18.6 Å². The zero-order valence-corrected chi connectivity index (χ0v) is 16.8. The molecule has 0 aliphatic heterocycles. The third-order valence-corrected chi connectivity index (χ3v) is 4.66. The summed E-state index contributed by atoms with van der Waals surface area (Å²) in [6, 6.07) is 13.5. The third kappa shape index (κ3) is 4.51. The van der Waals surface area contributed by atoms with Crippen molar-refractivity contribution in [2.75, 3.05) is 6.61 Å². The van der Waals surface area contributed by atoms with E-state index >= 15 is 0 Å². The van der Waals surface area contributed by atoms with E-state index in [4.69, 9.17) is 4.74 Å². The number of nitrogens with zero attached hydrogens (tertiary/aromatic N) is 2. The largest absolute Gasteiger partial charge is 0.491 e. The fourth-order valence-electron chi connectivity index (χ4n) is 3.30. The number of carbonyl (C=O) groups is 1. The number of benzene rings is 2. The first-order valence-corrected chi connectivity index (χ1v) is 9.45. The molecule has 3 aromatic rings. The lowest BCUT2D eigenvalue weighted by Gasteiger charge is -2.19. The van der Waals surface area contributed by atoms with Crippen LogP contribution in [0.1, 0.15) is 36.8 Å². The van der Waals surface area contributed by atoms with E-state index in [1.54, 1.807) is 0 Å². The summed E-state index contributed by atoms with van der Waals surface area (Å²) < 4.78 is 7.80. The van der Waals surface area contributed by atoms with E-state index in [1.807, 2.05) is 67.8 Å². The van der Waals surface area contributed by atoms with Gasteiger partial charge in [0.2, 0.25) is 5.91 Å². The first-order chi connectivity index (χ1) is 13.3. The molecule has 6 nitrogen and oxygen atoms in total. The Hall–Kier alpha value is -2.86. The van der Waals surface area contributed by atoms with Crippen LogP contribution in [0.15, 0.2) is 42.5 Å². The van der Waals surface area contributed by atoms with Crippen molar-refractivity contribution in [3.05, 3.63) is 59.4 Å². The summed E-state index contributed by atoms with van der Waals surface area (Å²) in [6.07, 6.45) is -0.721. The highest BCUT2D eigenvalue weighted by atomic mass is 16.5. The molecule has 2 N–H and O–H groups in total. The Kier molecular flexibility index (Phi) is 5.99. The van der Waals surface area contributed by atoms with Gasteiger partial charge in [-0.2, -0.15) is 0 Å². The number of hydrogen-bond acceptors (Lipinski definition) is 4. The van der Waals surface area contributed by atoms with Gasteiger partial charge in [0.25, 0.3) is 0 Å². The number of aliphatic hydroxyl groups is 1. The molecule has 0 aliphatic rings. The molecule has 0 radical (unpaired) electrons. The lowest BCUT2D eigenvalue weighted by atomic mass is 10.1. The number of amides is 1. The molecule has 0 unspecified atom stereocenters. The summed E-state index contributed by atoms with van der Waals surface area (Å²) in [5.41, 5.74) is 3.89. The summed E-state index contributed by atoms with van der Waals surface area (Å²) in [5, 5.41) is 13.5. The van der Waals surface area contributed by atoms with Gasteiger partial charge in [0.15, 0.2) is 0 Å². The maximum atomic E-state index is 11.5. The van der Waals surface area contributed by atoms with E-state index in [9.17, 15) is 9.90 Å². The van der Waals surface area contributed by atoms with Crippen molar-refractivity contribution in [1.82, 2.24) is 14.9 Å². The Bertz CT molecular complexity index is 980. The van der Waals surface area contributed by atoms with Crippen molar-refractivity contribution >= 4 is 16.9 Å². The van der Waals surface area contributed by atoms with Crippen LogP contribution in [0.25, 0.3) is 11.0 Å². The second kappa shape index (κ2) is 8.44. The minimum atomic E-state index is -0.721. The Labute approximate surface area is 165 Å². The smallest absolute Gasteiger partial charge is 0.217 e. The van der Waals surface area contributed by atoms with Crippen LogP contribution in [0.5, 0.6) is 5.75 Å². The number of aryl methyl sites for hydroxylation is 2. The second-order valence-corrected chi connectivity index (χ2v) is 7.23. The molecule has 0 bridgehead atoms. The summed E-state index contributed by atoms with van der Waals surface area (Å²) >= 11 is 0. The van der Waals surface area contributed by atoms with E-state index in [0.717, 1.165) is 27.9 Å². The molecule has 6 heteroatoms. The highest BCUT2D eigenvalue weighted by molar-refractivity contribution is 5.77. The van der Waals surface area contributed by atoms with Crippen LogP contribution in [-0.4, -0.2) is 33.3 Å². The van der Waals surface area contributed by atoms with Gasteiger partial charge in [0.1, 0.15) is 24.3 Å². The maximum Gasteiger partial charge on any atom is 0.217 e. The number of aliphatic hydroxyl groups excluding tert-OH is 1. The lowest BCUT2D eigenvalue weighted by molar-refractivity contribution is -0.119. The molecule has 0 aliphatic carbocycles. The Morgan fingerprint density at radius 3 is 2.75 bits per heavy atom. The van der Waals surface area contributed by atoms with Gasteiger partial charge >= 0.3 is 0 Å². The van der Waals surface area contributed by atoms with Crippen LogP contribution in [-0.2, 0) is 11.3 Å². The molecule has 1 heterocycles. The number of carbonyl (C=O) groups excluding carboxylic acids is 1. The van der Waals surface area contributed by atoms with Crippen molar-refractivity contribution in [1.29, 1.82) is 0 Å². The van der Waals surface area contributed by atoms with Crippen molar-refractivity contribution in [2.24, 2.45) is 0 Å². The quantitative estimate of drug-likeness (QED) is 0.658. The number of nitrogens with one attached hydrogen (secondary N) is 1. The average Bonchev–Trinajstić information content (AvgIpc) is 3.01. The number of ether oxygens (including phenoxy) is 1. The molecule has 1 amide bonds. The standard InChI is InChI=1S/C22H27N3O3/c1-14-9-10-15(2)21(11-14)28-13-18(27)12-25-20-8-6-5-7-19(20)24-22(25)16(3)23-17(4)26/h5-11,16,18,27H,12-13H2,1-4H3,(H,23,26)/t16-,18-/m1/s1. The minimum Gasteiger partial charge on any atom is -0.491 e. The van der Waals surface area contributed by atoms with Gasteiger partial charge in [0, 0.05) is 6.92 Å². The molecule has 3 rings (SSSR count). The summed E-state index contributed by atoms with van der Waals surface area (Å²) in [4.78, 5) is 16.1. The SMILES string of the molecule is CC(=O)N[C@H](C)c1nc2ccccc2n1C[C@@H](O)COc1cc(C)ccc1C. The molecule has 2 aromatic carbocycles. The number of rotatable bonds is 7. The average molecular weight is 381 g/mol. The molecule has 2 atom stereocenters. The van der Waals surface area contributed by atoms with Gasteiger partial charge in [0.05, 0.1) is 23.6 Å². The van der Waals surface area contributed by atoms with Gasteiger partial charge in [-0.15, -0.1) is 0 Å². The van der Waals surface area contributed by atoms with Gasteiger partial charge < -0.3 is 19.7 Å². The van der Waals surface area contributed by atoms with Crippen molar-refractivity contribution in [3.8, 4) is 5.75 Å². The van der Waals surface area contributed by atoms with E-state index in [1.165, 1.54) is 6.92 Å². The normalized spacial score (nSPS) is 13.3. The zero-order valence-electron chi connectivity index (χ0n) is 16.8. The Balaban J connectivity index is 1.80. The van der Waals surface area contributed by atoms with Crippen molar-refractivity contribution < 1.29 is 14.6 Å². The topological polar surface area (TPSA) is 76.4 Å². The van der Waals surface area contributed by atoms with Crippen LogP contribution in [0.4, 0.5) is 0 Å². The number of imidazole rings is 1. The van der Waals surface area contributed by atoms with E-state index in [0.29, 0.717) is 12.4 Å². The van der Waals surface area contributed by atoms with Gasteiger partial charge in [-0.3, -0.25) is 4.79 Å². The molecule has 0 saturated heterocycles. The molecule has 148 valence electrons. The van der Waals surface area contributed by atoms with Crippen LogP contribution in [0.2, 0.25) is 0 Å². The van der Waals surface area contributed by atoms with Crippen molar-refractivity contribution in [3.63, 3.8) is 0 Å². The summed E-state index contributed by atoms with van der Waals surface area (Å²) in [7, 11) is 0. The predicted octanol–water partition coefficient (Wildman–Crippen LogP) is 3.29. The fraction of sp³-hybridized carbons (Fsp3) is 0.364. The maximum absolute atomic E-state index is 11.5. The van der Waals surface area contributed by atoms with E-state index < -0.39 is 6.10 Å². The zero-order chi connectivity index (χ0) is 20.3. The van der Waals surface area contributed by atoms with Crippen LogP contribution in [0.3, 0.4) is 0 Å². The lowest BCUT2D eigenvalue weighted by Crippen LogP contribution is -2.29. The minimum absolute atomic E-state index is 0.120. The Morgan fingerprint density at radius 1 is 1.25 bits per heavy atom. The number of hydrogen-bond donors (Lipinski definition) is 2. The van der Waals surface area contributed by atoms with Crippen LogP contribution in [0, 0.1) is 13.8 Å². The second-order valence-electron chi connectivity index (χ2n) is 7.23. The molecule has 0 saturated carbocycles. The first-order valence-electron chi connectivity index (χ1n) is 9.45. The molecule has 28 heavy (non-hydrogen) atoms. The van der Waals surface area contributed by atoms with Crippen molar-refractivity contribution in [2.45, 2.75) is 46.4 Å². The van der Waals surface area contributed by atoms with Gasteiger partial charge in [-0.05, 0) is 50.1 Å². The Morgan fingerprint density at radius 2 is 2.00 bits per heavy atom. The van der Waals surface area contributed by atoms with Crippen LogP contribution >= 0.6 is 0 Å². The number of para-hydroxylation sites is 2. The van der Waals surface area contributed by atoms with Gasteiger partial charge in [-0.25, -0.2) is 4.98 Å².